The Morgan fingerprint density at radius 3 is 3.21 bits per heavy atom. The van der Waals surface area contributed by atoms with Gasteiger partial charge < -0.3 is 5.32 Å². The van der Waals surface area contributed by atoms with Crippen molar-refractivity contribution >= 4 is 21.6 Å². The molecule has 0 radical (unpaired) electrons. The van der Waals surface area contributed by atoms with Gasteiger partial charge in [-0.15, -0.1) is 11.3 Å². The predicted molar refractivity (Wildman–Crippen MR) is 78.0 cm³/mol. The molecule has 0 amide bonds. The number of piperidine rings is 1. The molecular weight excluding hydrogens is 259 g/mol. The average Bonchev–Trinajstić information content (AvgIpc) is 2.81. The summed E-state index contributed by atoms with van der Waals surface area (Å²) in [5.74, 6) is 1.21. The highest BCUT2D eigenvalue weighted by Crippen LogP contribution is 2.28. The van der Waals surface area contributed by atoms with Gasteiger partial charge in [0.15, 0.2) is 0 Å². The molecule has 1 aliphatic heterocycles. The molecule has 1 N–H and O–H groups in total. The number of thiazole rings is 1. The van der Waals surface area contributed by atoms with Crippen LogP contribution in [0.5, 0.6) is 0 Å². The molecule has 0 saturated carbocycles. The van der Waals surface area contributed by atoms with Crippen LogP contribution < -0.4 is 5.32 Å². The van der Waals surface area contributed by atoms with Gasteiger partial charge in [-0.3, -0.25) is 0 Å². The summed E-state index contributed by atoms with van der Waals surface area (Å²) in [6.45, 7) is 4.59. The summed E-state index contributed by atoms with van der Waals surface area (Å²) in [5, 5.41) is 4.61. The maximum absolute atomic E-state index is 13.2. The number of nitrogens with zero attached hydrogens (tertiary/aromatic N) is 1. The van der Waals surface area contributed by atoms with Gasteiger partial charge in [-0.05, 0) is 56.0 Å². The number of hydrogen-bond donors (Lipinski definition) is 1. The van der Waals surface area contributed by atoms with Gasteiger partial charge in [-0.1, -0.05) is 6.92 Å². The molecule has 2 atom stereocenters. The Labute approximate surface area is 117 Å². The number of aromatic nitrogens is 1. The normalized spacial score (nSPS) is 21.7. The van der Waals surface area contributed by atoms with Gasteiger partial charge in [0.1, 0.15) is 5.82 Å². The van der Waals surface area contributed by atoms with Gasteiger partial charge in [0.25, 0.3) is 0 Å². The van der Waals surface area contributed by atoms with Crippen molar-refractivity contribution in [3.05, 3.63) is 29.0 Å². The minimum Gasteiger partial charge on any atom is -0.316 e. The molecule has 2 nitrogen and oxygen atoms in total. The van der Waals surface area contributed by atoms with Crippen LogP contribution in [0.15, 0.2) is 18.2 Å². The molecule has 2 unspecified atom stereocenters. The Morgan fingerprint density at radius 1 is 1.53 bits per heavy atom. The zero-order valence-electron chi connectivity index (χ0n) is 11.2. The van der Waals surface area contributed by atoms with Crippen LogP contribution in [0.2, 0.25) is 0 Å². The van der Waals surface area contributed by atoms with Gasteiger partial charge >= 0.3 is 0 Å². The topological polar surface area (TPSA) is 24.9 Å². The molecule has 1 fully saturated rings. The van der Waals surface area contributed by atoms with E-state index < -0.39 is 0 Å². The van der Waals surface area contributed by atoms with Crippen LogP contribution in [0.25, 0.3) is 10.2 Å². The molecular formula is C15H19FN2S. The van der Waals surface area contributed by atoms with E-state index in [1.807, 2.05) is 0 Å². The quantitative estimate of drug-likeness (QED) is 0.927. The highest BCUT2D eigenvalue weighted by molar-refractivity contribution is 7.18. The smallest absolute Gasteiger partial charge is 0.124 e. The summed E-state index contributed by atoms with van der Waals surface area (Å²) in [6, 6.07) is 4.85. The fourth-order valence-electron chi connectivity index (χ4n) is 2.84. The molecule has 102 valence electrons. The van der Waals surface area contributed by atoms with Crippen LogP contribution in [0.1, 0.15) is 24.8 Å². The van der Waals surface area contributed by atoms with Crippen molar-refractivity contribution < 1.29 is 4.39 Å². The predicted octanol–water partition coefficient (Wildman–Crippen LogP) is 3.61. The number of hydrogen-bond acceptors (Lipinski definition) is 3. The third-order valence-electron chi connectivity index (χ3n) is 4.03. The minimum absolute atomic E-state index is 0.174. The van der Waals surface area contributed by atoms with Crippen molar-refractivity contribution in [1.82, 2.24) is 10.3 Å². The lowest BCUT2D eigenvalue weighted by molar-refractivity contribution is 0.279. The first-order valence-corrected chi connectivity index (χ1v) is 7.80. The van der Waals surface area contributed by atoms with Crippen LogP contribution >= 0.6 is 11.3 Å². The van der Waals surface area contributed by atoms with Crippen LogP contribution in [0.4, 0.5) is 4.39 Å². The zero-order chi connectivity index (χ0) is 13.2. The zero-order valence-corrected chi connectivity index (χ0v) is 12.0. The summed E-state index contributed by atoms with van der Waals surface area (Å²) < 4.78 is 14.1. The van der Waals surface area contributed by atoms with E-state index >= 15 is 0 Å². The maximum Gasteiger partial charge on any atom is 0.124 e. The van der Waals surface area contributed by atoms with E-state index in [-0.39, 0.29) is 5.82 Å². The first-order chi connectivity index (χ1) is 9.22. The van der Waals surface area contributed by atoms with E-state index in [4.69, 9.17) is 0 Å². The standard InChI is InChI=1S/C15H19FN2S/c1-10(11-3-2-6-17-9-11)7-15-18-13-5-4-12(16)8-14(13)19-15/h4-5,8,10-11,17H,2-3,6-7,9H2,1H3. The Hall–Kier alpha value is -1.00. The van der Waals surface area contributed by atoms with Crippen molar-refractivity contribution in [1.29, 1.82) is 0 Å². The van der Waals surface area contributed by atoms with Crippen molar-refractivity contribution in [3.63, 3.8) is 0 Å². The summed E-state index contributed by atoms with van der Waals surface area (Å²) in [7, 11) is 0. The first-order valence-electron chi connectivity index (χ1n) is 6.98. The van der Waals surface area contributed by atoms with Gasteiger partial charge in [-0.25, -0.2) is 9.37 Å². The second kappa shape index (κ2) is 5.55. The largest absolute Gasteiger partial charge is 0.316 e. The Balaban J connectivity index is 1.73. The molecule has 2 heterocycles. The second-order valence-corrected chi connectivity index (χ2v) is 6.62. The monoisotopic (exact) mass is 278 g/mol. The van der Waals surface area contributed by atoms with E-state index in [2.05, 4.69) is 17.2 Å². The van der Waals surface area contributed by atoms with E-state index in [1.54, 1.807) is 23.5 Å². The third-order valence-corrected chi connectivity index (χ3v) is 5.07. The average molecular weight is 278 g/mol. The van der Waals surface area contributed by atoms with Crippen molar-refractivity contribution in [2.45, 2.75) is 26.2 Å². The van der Waals surface area contributed by atoms with Crippen molar-refractivity contribution in [2.24, 2.45) is 11.8 Å². The summed E-state index contributed by atoms with van der Waals surface area (Å²) in [4.78, 5) is 4.62. The van der Waals surface area contributed by atoms with Crippen LogP contribution in [0, 0.1) is 17.7 Å². The van der Waals surface area contributed by atoms with Gasteiger partial charge in [-0.2, -0.15) is 0 Å². The molecule has 19 heavy (non-hydrogen) atoms. The highest BCUT2D eigenvalue weighted by atomic mass is 32.1. The minimum atomic E-state index is -0.174. The lowest BCUT2D eigenvalue weighted by Crippen LogP contribution is -2.33. The summed E-state index contributed by atoms with van der Waals surface area (Å²) in [6.07, 6.45) is 3.60. The number of fused-ring (bicyclic) bond motifs is 1. The van der Waals surface area contributed by atoms with Crippen LogP contribution in [-0.4, -0.2) is 18.1 Å². The Kier molecular flexibility index (Phi) is 3.80. The SMILES string of the molecule is CC(Cc1nc2ccc(F)cc2s1)C1CCCNC1. The molecule has 0 spiro atoms. The van der Waals surface area contributed by atoms with E-state index in [1.165, 1.54) is 18.9 Å². The van der Waals surface area contributed by atoms with E-state index in [0.717, 1.165) is 40.7 Å². The Bertz CT molecular complexity index is 560. The van der Waals surface area contributed by atoms with Crippen LogP contribution in [0.3, 0.4) is 0 Å². The fourth-order valence-corrected chi connectivity index (χ4v) is 3.97. The van der Waals surface area contributed by atoms with Gasteiger partial charge in [0.2, 0.25) is 0 Å². The molecule has 0 aliphatic carbocycles. The maximum atomic E-state index is 13.2. The van der Waals surface area contributed by atoms with Crippen LogP contribution in [-0.2, 0) is 6.42 Å². The fraction of sp³-hybridized carbons (Fsp3) is 0.533. The van der Waals surface area contributed by atoms with Crippen molar-refractivity contribution in [3.8, 4) is 0 Å². The lowest BCUT2D eigenvalue weighted by atomic mass is 9.86. The van der Waals surface area contributed by atoms with E-state index in [0.29, 0.717) is 5.92 Å². The molecule has 0 bridgehead atoms. The number of rotatable bonds is 3. The van der Waals surface area contributed by atoms with E-state index in [9.17, 15) is 4.39 Å². The molecule has 1 saturated heterocycles. The number of halogens is 1. The van der Waals surface area contributed by atoms with Crippen molar-refractivity contribution in [2.75, 3.05) is 13.1 Å². The molecule has 1 aliphatic rings. The first kappa shape index (κ1) is 13.0. The molecule has 4 heteroatoms. The second-order valence-electron chi connectivity index (χ2n) is 5.51. The molecule has 1 aromatic carbocycles. The number of benzene rings is 1. The third kappa shape index (κ3) is 2.95. The van der Waals surface area contributed by atoms with Gasteiger partial charge in [0.05, 0.1) is 15.2 Å². The molecule has 2 aromatic rings. The molecule has 1 aromatic heterocycles. The summed E-state index contributed by atoms with van der Waals surface area (Å²) >= 11 is 1.63. The van der Waals surface area contributed by atoms with Gasteiger partial charge in [0, 0.05) is 6.42 Å². The highest BCUT2D eigenvalue weighted by Gasteiger charge is 2.21. The summed E-state index contributed by atoms with van der Waals surface area (Å²) in [5.41, 5.74) is 0.926. The lowest BCUT2D eigenvalue weighted by Gasteiger charge is -2.27. The molecule has 3 rings (SSSR count). The Morgan fingerprint density at radius 2 is 2.42 bits per heavy atom. The number of nitrogens with one attached hydrogen (secondary N) is 1.